The number of benzene rings is 1. The number of aromatic amines is 1. The molecular formula is C12H13N3O. The van der Waals surface area contributed by atoms with Gasteiger partial charge < -0.3 is 10.3 Å². The third-order valence-corrected chi connectivity index (χ3v) is 2.29. The standard InChI is InChI=1S/C12H13N3O/c1-9-2-4-10(5-3-9)8-15-11-12(16)14-7-6-13-11/h2-7H,8H2,1H3,(H,13,15)(H,14,16). The first-order valence-electron chi connectivity index (χ1n) is 5.09. The molecule has 0 spiro atoms. The fourth-order valence-electron chi connectivity index (χ4n) is 1.37. The summed E-state index contributed by atoms with van der Waals surface area (Å²) in [6.45, 7) is 2.64. The number of hydrogen-bond donors (Lipinski definition) is 2. The Kier molecular flexibility index (Phi) is 3.00. The normalized spacial score (nSPS) is 10.1. The van der Waals surface area contributed by atoms with Gasteiger partial charge in [-0.25, -0.2) is 4.98 Å². The van der Waals surface area contributed by atoms with Crippen molar-refractivity contribution < 1.29 is 0 Å². The van der Waals surface area contributed by atoms with Crippen molar-refractivity contribution in [3.8, 4) is 0 Å². The molecule has 1 aromatic carbocycles. The summed E-state index contributed by atoms with van der Waals surface area (Å²) in [7, 11) is 0. The van der Waals surface area contributed by atoms with Crippen molar-refractivity contribution in [3.05, 3.63) is 58.1 Å². The largest absolute Gasteiger partial charge is 0.361 e. The molecular weight excluding hydrogens is 202 g/mol. The van der Waals surface area contributed by atoms with Crippen LogP contribution in [0.1, 0.15) is 11.1 Å². The summed E-state index contributed by atoms with van der Waals surface area (Å²) in [5.41, 5.74) is 2.14. The summed E-state index contributed by atoms with van der Waals surface area (Å²) in [5.74, 6) is 0.350. The van der Waals surface area contributed by atoms with E-state index in [0.29, 0.717) is 12.4 Å². The zero-order chi connectivity index (χ0) is 11.4. The van der Waals surface area contributed by atoms with Crippen molar-refractivity contribution in [1.29, 1.82) is 0 Å². The highest BCUT2D eigenvalue weighted by Gasteiger charge is 1.98. The highest BCUT2D eigenvalue weighted by molar-refractivity contribution is 5.32. The van der Waals surface area contributed by atoms with Crippen LogP contribution in [0.25, 0.3) is 0 Å². The van der Waals surface area contributed by atoms with Gasteiger partial charge in [-0.2, -0.15) is 0 Å². The highest BCUT2D eigenvalue weighted by atomic mass is 16.1. The zero-order valence-corrected chi connectivity index (χ0v) is 9.03. The number of nitrogens with zero attached hydrogens (tertiary/aromatic N) is 1. The smallest absolute Gasteiger partial charge is 0.290 e. The number of nitrogens with one attached hydrogen (secondary N) is 2. The minimum atomic E-state index is -0.199. The first-order chi connectivity index (χ1) is 7.75. The van der Waals surface area contributed by atoms with Crippen molar-refractivity contribution in [1.82, 2.24) is 9.97 Å². The van der Waals surface area contributed by atoms with E-state index in [2.05, 4.69) is 15.3 Å². The Labute approximate surface area is 93.4 Å². The van der Waals surface area contributed by atoms with Crippen molar-refractivity contribution in [3.63, 3.8) is 0 Å². The fourth-order valence-corrected chi connectivity index (χ4v) is 1.37. The third-order valence-electron chi connectivity index (χ3n) is 2.29. The maximum atomic E-state index is 11.3. The molecule has 0 fully saturated rings. The van der Waals surface area contributed by atoms with Crippen molar-refractivity contribution in [2.75, 3.05) is 5.32 Å². The monoisotopic (exact) mass is 215 g/mol. The molecule has 1 heterocycles. The van der Waals surface area contributed by atoms with Crippen LogP contribution < -0.4 is 10.9 Å². The van der Waals surface area contributed by atoms with Crippen LogP contribution in [0.5, 0.6) is 0 Å². The molecule has 0 radical (unpaired) electrons. The molecule has 0 aliphatic carbocycles. The molecule has 16 heavy (non-hydrogen) atoms. The van der Waals surface area contributed by atoms with Crippen LogP contribution >= 0.6 is 0 Å². The van der Waals surface area contributed by atoms with E-state index < -0.39 is 0 Å². The van der Waals surface area contributed by atoms with E-state index in [0.717, 1.165) is 5.56 Å². The molecule has 82 valence electrons. The molecule has 4 heteroatoms. The molecule has 0 aliphatic heterocycles. The van der Waals surface area contributed by atoms with Crippen molar-refractivity contribution in [2.24, 2.45) is 0 Å². The first kappa shape index (κ1) is 10.4. The van der Waals surface area contributed by atoms with Gasteiger partial charge in [-0.15, -0.1) is 0 Å². The number of aryl methyl sites for hydroxylation is 1. The topological polar surface area (TPSA) is 57.8 Å². The zero-order valence-electron chi connectivity index (χ0n) is 9.03. The molecule has 4 nitrogen and oxygen atoms in total. The predicted molar refractivity (Wildman–Crippen MR) is 63.4 cm³/mol. The Hall–Kier alpha value is -2.10. The van der Waals surface area contributed by atoms with E-state index in [1.807, 2.05) is 31.2 Å². The fraction of sp³-hybridized carbons (Fsp3) is 0.167. The highest BCUT2D eigenvalue weighted by Crippen LogP contribution is 2.04. The van der Waals surface area contributed by atoms with Crippen LogP contribution in [0.2, 0.25) is 0 Å². The van der Waals surface area contributed by atoms with E-state index in [1.165, 1.54) is 11.8 Å². The van der Waals surface area contributed by atoms with Crippen LogP contribution in [0.3, 0.4) is 0 Å². The molecule has 0 amide bonds. The minimum absolute atomic E-state index is 0.199. The lowest BCUT2D eigenvalue weighted by atomic mass is 10.1. The van der Waals surface area contributed by atoms with Crippen molar-refractivity contribution in [2.45, 2.75) is 13.5 Å². The molecule has 0 saturated carbocycles. The average molecular weight is 215 g/mol. The van der Waals surface area contributed by atoms with Gasteiger partial charge in [0.25, 0.3) is 5.56 Å². The van der Waals surface area contributed by atoms with Crippen LogP contribution in [-0.2, 0) is 6.54 Å². The summed E-state index contributed by atoms with van der Waals surface area (Å²) in [6.07, 6.45) is 3.07. The second-order valence-corrected chi connectivity index (χ2v) is 3.61. The molecule has 0 bridgehead atoms. The Morgan fingerprint density at radius 1 is 1.31 bits per heavy atom. The van der Waals surface area contributed by atoms with E-state index in [9.17, 15) is 4.79 Å². The Bertz CT molecular complexity index is 516. The lowest BCUT2D eigenvalue weighted by molar-refractivity contribution is 1.06. The molecule has 0 unspecified atom stereocenters. The van der Waals surface area contributed by atoms with Crippen LogP contribution in [0.15, 0.2) is 41.5 Å². The summed E-state index contributed by atoms with van der Waals surface area (Å²) in [6, 6.07) is 8.14. The van der Waals surface area contributed by atoms with Gasteiger partial charge in [-0.05, 0) is 12.5 Å². The van der Waals surface area contributed by atoms with Crippen molar-refractivity contribution >= 4 is 5.82 Å². The summed E-state index contributed by atoms with van der Waals surface area (Å²) in [4.78, 5) is 17.8. The number of anilines is 1. The van der Waals surface area contributed by atoms with Gasteiger partial charge in [-0.1, -0.05) is 29.8 Å². The second kappa shape index (κ2) is 4.61. The van der Waals surface area contributed by atoms with Gasteiger partial charge in [0.1, 0.15) is 0 Å². The maximum absolute atomic E-state index is 11.3. The number of aromatic nitrogens is 2. The van der Waals surface area contributed by atoms with Crippen LogP contribution in [-0.4, -0.2) is 9.97 Å². The third kappa shape index (κ3) is 2.48. The Morgan fingerprint density at radius 3 is 2.75 bits per heavy atom. The van der Waals surface area contributed by atoms with Gasteiger partial charge in [0.05, 0.1) is 0 Å². The Balaban J connectivity index is 2.05. The molecule has 2 N–H and O–H groups in total. The van der Waals surface area contributed by atoms with Crippen LogP contribution in [0, 0.1) is 6.92 Å². The number of H-pyrrole nitrogens is 1. The molecule has 0 atom stereocenters. The molecule has 1 aromatic heterocycles. The van der Waals surface area contributed by atoms with Gasteiger partial charge in [0.2, 0.25) is 0 Å². The van der Waals surface area contributed by atoms with Gasteiger partial charge in [0.15, 0.2) is 5.82 Å². The number of rotatable bonds is 3. The summed E-state index contributed by atoms with van der Waals surface area (Å²) in [5, 5.41) is 2.99. The van der Waals surface area contributed by atoms with E-state index in [4.69, 9.17) is 0 Å². The molecule has 2 aromatic rings. The lowest BCUT2D eigenvalue weighted by Gasteiger charge is -2.04. The van der Waals surface area contributed by atoms with E-state index >= 15 is 0 Å². The molecule has 0 aliphatic rings. The predicted octanol–water partition coefficient (Wildman–Crippen LogP) is 1.69. The quantitative estimate of drug-likeness (QED) is 0.819. The van der Waals surface area contributed by atoms with Crippen LogP contribution in [0.4, 0.5) is 5.82 Å². The molecule has 0 saturated heterocycles. The second-order valence-electron chi connectivity index (χ2n) is 3.61. The minimum Gasteiger partial charge on any atom is -0.361 e. The van der Waals surface area contributed by atoms with Gasteiger partial charge >= 0.3 is 0 Å². The van der Waals surface area contributed by atoms with Gasteiger partial charge in [0, 0.05) is 18.9 Å². The SMILES string of the molecule is Cc1ccc(CNc2ncc[nH]c2=O)cc1. The summed E-state index contributed by atoms with van der Waals surface area (Å²) < 4.78 is 0. The van der Waals surface area contributed by atoms with E-state index in [1.54, 1.807) is 6.20 Å². The molecule has 2 rings (SSSR count). The number of hydrogen-bond acceptors (Lipinski definition) is 3. The Morgan fingerprint density at radius 2 is 2.06 bits per heavy atom. The van der Waals surface area contributed by atoms with E-state index in [-0.39, 0.29) is 5.56 Å². The average Bonchev–Trinajstić information content (AvgIpc) is 2.30. The van der Waals surface area contributed by atoms with Gasteiger partial charge in [-0.3, -0.25) is 4.79 Å². The lowest BCUT2D eigenvalue weighted by Crippen LogP contribution is -2.14. The maximum Gasteiger partial charge on any atom is 0.290 e. The summed E-state index contributed by atoms with van der Waals surface area (Å²) >= 11 is 0. The first-order valence-corrected chi connectivity index (χ1v) is 5.09.